The topological polar surface area (TPSA) is 150 Å². The Bertz CT molecular complexity index is 1130. The number of ether oxygens (including phenoxy) is 2. The molecule has 11 heteroatoms. The lowest BCUT2D eigenvalue weighted by molar-refractivity contribution is -0.384. The second-order valence-corrected chi connectivity index (χ2v) is 6.96. The van der Waals surface area contributed by atoms with E-state index in [2.05, 4.69) is 15.2 Å². The summed E-state index contributed by atoms with van der Waals surface area (Å²) >= 11 is 0. The quantitative estimate of drug-likeness (QED) is 0.338. The molecule has 0 amide bonds. The molecular weight excluding hydrogens is 408 g/mol. The van der Waals surface area contributed by atoms with Gasteiger partial charge in [-0.25, -0.2) is 9.59 Å². The van der Waals surface area contributed by atoms with Crippen molar-refractivity contribution in [2.24, 2.45) is 0 Å². The zero-order valence-electron chi connectivity index (χ0n) is 17.3. The van der Waals surface area contributed by atoms with Crippen LogP contribution in [0.5, 0.6) is 0 Å². The summed E-state index contributed by atoms with van der Waals surface area (Å²) in [6.07, 6.45) is -0.293. The van der Waals surface area contributed by atoms with Gasteiger partial charge >= 0.3 is 11.9 Å². The predicted molar refractivity (Wildman–Crippen MR) is 106 cm³/mol. The van der Waals surface area contributed by atoms with Gasteiger partial charge in [-0.2, -0.15) is 0 Å². The third-order valence-corrected chi connectivity index (χ3v) is 4.31. The van der Waals surface area contributed by atoms with Crippen molar-refractivity contribution in [3.8, 4) is 11.5 Å². The highest BCUT2D eigenvalue weighted by Crippen LogP contribution is 2.23. The molecule has 162 valence electrons. The zero-order chi connectivity index (χ0) is 22.7. The third-order valence-electron chi connectivity index (χ3n) is 4.31. The molecule has 0 radical (unpaired) electrons. The summed E-state index contributed by atoms with van der Waals surface area (Å²) in [4.78, 5) is 37.8. The van der Waals surface area contributed by atoms with Gasteiger partial charge in [0.25, 0.3) is 11.6 Å². The molecule has 3 aromatic rings. The summed E-state index contributed by atoms with van der Waals surface area (Å²) in [6.45, 7) is 6.47. The lowest BCUT2D eigenvalue weighted by Gasteiger charge is -2.08. The number of aromatic amines is 1. The number of benzene rings is 1. The van der Waals surface area contributed by atoms with Crippen LogP contribution in [0.25, 0.3) is 11.5 Å². The lowest BCUT2D eigenvalue weighted by atomic mass is 10.1. The monoisotopic (exact) mass is 428 g/mol. The Kier molecular flexibility index (Phi) is 6.14. The van der Waals surface area contributed by atoms with Crippen LogP contribution in [0.2, 0.25) is 0 Å². The van der Waals surface area contributed by atoms with Gasteiger partial charge < -0.3 is 18.9 Å². The van der Waals surface area contributed by atoms with E-state index in [9.17, 15) is 19.7 Å². The highest BCUT2D eigenvalue weighted by atomic mass is 16.6. The van der Waals surface area contributed by atoms with Gasteiger partial charge in [0, 0.05) is 23.4 Å². The minimum atomic E-state index is -0.695. The minimum absolute atomic E-state index is 0.0436. The number of carbonyl (C=O) groups is 2. The van der Waals surface area contributed by atoms with Crippen molar-refractivity contribution in [1.29, 1.82) is 0 Å². The minimum Gasteiger partial charge on any atom is -0.459 e. The van der Waals surface area contributed by atoms with Crippen molar-refractivity contribution in [3.05, 3.63) is 62.8 Å². The number of carbonyl (C=O) groups excluding carboxylic acids is 2. The fourth-order valence-corrected chi connectivity index (χ4v) is 2.89. The molecule has 0 spiro atoms. The lowest BCUT2D eigenvalue weighted by Crippen LogP contribution is -2.13. The molecule has 0 saturated carbocycles. The van der Waals surface area contributed by atoms with E-state index < -0.39 is 16.9 Å². The van der Waals surface area contributed by atoms with Gasteiger partial charge in [-0.3, -0.25) is 10.1 Å². The molecule has 0 saturated heterocycles. The molecule has 0 aliphatic rings. The average molecular weight is 428 g/mol. The number of aromatic nitrogens is 3. The Morgan fingerprint density at radius 2 is 1.84 bits per heavy atom. The van der Waals surface area contributed by atoms with Gasteiger partial charge in [0.2, 0.25) is 5.89 Å². The molecule has 0 atom stereocenters. The molecule has 2 aromatic heterocycles. The van der Waals surface area contributed by atoms with Crippen molar-refractivity contribution in [1.82, 2.24) is 15.2 Å². The number of aryl methyl sites for hydroxylation is 1. The van der Waals surface area contributed by atoms with E-state index in [4.69, 9.17) is 13.9 Å². The number of H-pyrrole nitrogens is 1. The fourth-order valence-electron chi connectivity index (χ4n) is 2.89. The van der Waals surface area contributed by atoms with Crippen LogP contribution in [0.1, 0.15) is 51.8 Å². The van der Waals surface area contributed by atoms with Gasteiger partial charge in [-0.05, 0) is 45.4 Å². The molecule has 0 unspecified atom stereocenters. The highest BCUT2D eigenvalue weighted by molar-refractivity contribution is 5.98. The summed E-state index contributed by atoms with van der Waals surface area (Å²) in [5.41, 5.74) is 1.76. The molecule has 1 N–H and O–H groups in total. The maximum Gasteiger partial charge on any atom is 0.355 e. The number of rotatable bonds is 7. The van der Waals surface area contributed by atoms with Crippen LogP contribution >= 0.6 is 0 Å². The summed E-state index contributed by atoms with van der Waals surface area (Å²) in [5.74, 6) is -1.04. The van der Waals surface area contributed by atoms with Crippen LogP contribution in [0.15, 0.2) is 28.7 Å². The SMILES string of the molecule is Cc1[nH]c(C(=O)OCc2nnc(-c3ccc([N+](=O)[O-])cc3)o2)c(C)c1C(=O)OC(C)C. The second kappa shape index (κ2) is 8.78. The van der Waals surface area contributed by atoms with Crippen molar-refractivity contribution >= 4 is 17.6 Å². The molecule has 31 heavy (non-hydrogen) atoms. The fraction of sp³-hybridized carbons (Fsp3) is 0.300. The Hall–Kier alpha value is -4.02. The Balaban J connectivity index is 1.68. The first-order chi connectivity index (χ1) is 14.7. The summed E-state index contributed by atoms with van der Waals surface area (Å²) in [7, 11) is 0. The summed E-state index contributed by atoms with van der Waals surface area (Å²) in [6, 6.07) is 5.59. The Morgan fingerprint density at radius 3 is 2.45 bits per heavy atom. The molecule has 0 bridgehead atoms. The number of hydrogen-bond acceptors (Lipinski definition) is 9. The number of nitro benzene ring substituents is 1. The van der Waals surface area contributed by atoms with E-state index >= 15 is 0 Å². The van der Waals surface area contributed by atoms with Gasteiger partial charge in [0.05, 0.1) is 16.6 Å². The van der Waals surface area contributed by atoms with Crippen LogP contribution in [-0.2, 0) is 16.1 Å². The van der Waals surface area contributed by atoms with Crippen LogP contribution in [-0.4, -0.2) is 38.1 Å². The largest absolute Gasteiger partial charge is 0.459 e. The number of esters is 2. The van der Waals surface area contributed by atoms with Crippen LogP contribution in [0.3, 0.4) is 0 Å². The molecule has 0 fully saturated rings. The zero-order valence-corrected chi connectivity index (χ0v) is 17.3. The Morgan fingerprint density at radius 1 is 1.16 bits per heavy atom. The molecule has 11 nitrogen and oxygen atoms in total. The molecule has 0 aliphatic carbocycles. The predicted octanol–water partition coefficient (Wildman–Crippen LogP) is 3.51. The molecular formula is C20H20N4O7. The Labute approximate surface area is 176 Å². The molecule has 0 aliphatic heterocycles. The number of non-ortho nitro benzene ring substituents is 1. The van der Waals surface area contributed by atoms with Gasteiger partial charge in [0.15, 0.2) is 6.61 Å². The van der Waals surface area contributed by atoms with Crippen molar-refractivity contribution < 1.29 is 28.4 Å². The smallest absolute Gasteiger partial charge is 0.355 e. The van der Waals surface area contributed by atoms with E-state index in [1.807, 2.05) is 0 Å². The number of nitro groups is 1. The first kappa shape index (κ1) is 21.7. The second-order valence-electron chi connectivity index (χ2n) is 6.96. The van der Waals surface area contributed by atoms with Crippen LogP contribution in [0, 0.1) is 24.0 Å². The van der Waals surface area contributed by atoms with Gasteiger partial charge in [-0.15, -0.1) is 10.2 Å². The van der Waals surface area contributed by atoms with Crippen molar-refractivity contribution in [3.63, 3.8) is 0 Å². The number of nitrogens with one attached hydrogen (secondary N) is 1. The molecule has 3 rings (SSSR count). The van der Waals surface area contributed by atoms with Crippen molar-refractivity contribution in [2.75, 3.05) is 0 Å². The van der Waals surface area contributed by atoms with Gasteiger partial charge in [-0.1, -0.05) is 0 Å². The highest BCUT2D eigenvalue weighted by Gasteiger charge is 2.25. The number of nitrogens with zero attached hydrogens (tertiary/aromatic N) is 3. The van der Waals surface area contributed by atoms with Crippen molar-refractivity contribution in [2.45, 2.75) is 40.4 Å². The third kappa shape index (κ3) is 4.77. The molecule has 1 aromatic carbocycles. The normalized spacial score (nSPS) is 10.9. The summed E-state index contributed by atoms with van der Waals surface area (Å²) in [5, 5.41) is 18.4. The van der Waals surface area contributed by atoms with E-state index in [0.717, 1.165) is 0 Å². The average Bonchev–Trinajstić information content (AvgIpc) is 3.30. The maximum absolute atomic E-state index is 12.5. The van der Waals surface area contributed by atoms with E-state index in [-0.39, 0.29) is 35.9 Å². The maximum atomic E-state index is 12.5. The van der Waals surface area contributed by atoms with E-state index in [1.54, 1.807) is 27.7 Å². The summed E-state index contributed by atoms with van der Waals surface area (Å²) < 4.78 is 15.9. The van der Waals surface area contributed by atoms with Gasteiger partial charge in [0.1, 0.15) is 5.69 Å². The van der Waals surface area contributed by atoms with E-state index in [0.29, 0.717) is 22.4 Å². The van der Waals surface area contributed by atoms with Crippen LogP contribution in [0.4, 0.5) is 5.69 Å². The molecule has 2 heterocycles. The first-order valence-electron chi connectivity index (χ1n) is 9.31. The van der Waals surface area contributed by atoms with E-state index in [1.165, 1.54) is 24.3 Å². The van der Waals surface area contributed by atoms with Crippen LogP contribution < -0.4 is 0 Å². The first-order valence-corrected chi connectivity index (χ1v) is 9.31. The standard InChI is InChI=1S/C20H20N4O7/c1-10(2)30-19(25)16-11(3)17(21-12(16)4)20(26)29-9-15-22-23-18(31-15)13-5-7-14(8-6-13)24(27)28/h5-8,10,21H,9H2,1-4H3. The number of hydrogen-bond donors (Lipinski definition) is 1.